The van der Waals surface area contributed by atoms with Crippen LogP contribution in [0.1, 0.15) is 49.7 Å². The zero-order valence-corrected chi connectivity index (χ0v) is 16.7. The van der Waals surface area contributed by atoms with Gasteiger partial charge in [-0.1, -0.05) is 32.9 Å². The smallest absolute Gasteiger partial charge is 0.335 e. The number of piperidine rings is 1. The molecule has 1 atom stereocenters. The largest absolute Gasteiger partial charge is 0.478 e. The van der Waals surface area contributed by atoms with Crippen LogP contribution >= 0.6 is 0 Å². The Morgan fingerprint density at radius 1 is 1.21 bits per heavy atom. The topological polar surface area (TPSA) is 83.4 Å². The summed E-state index contributed by atoms with van der Waals surface area (Å²) in [7, 11) is 0. The normalized spacial score (nSPS) is 17.4. The summed E-state index contributed by atoms with van der Waals surface area (Å²) in [5.41, 5.74) is 2.27. The molecule has 0 spiro atoms. The van der Waals surface area contributed by atoms with Crippen LogP contribution in [0, 0.1) is 11.3 Å². The van der Waals surface area contributed by atoms with E-state index in [2.05, 4.69) is 9.97 Å². The van der Waals surface area contributed by atoms with Gasteiger partial charge >= 0.3 is 5.97 Å². The number of carbonyl (C=O) groups excluding carboxylic acids is 1. The average molecular weight is 381 g/mol. The Morgan fingerprint density at radius 3 is 2.71 bits per heavy atom. The van der Waals surface area contributed by atoms with E-state index in [-0.39, 0.29) is 16.9 Å². The highest BCUT2D eigenvalue weighted by Gasteiger charge is 2.31. The first-order valence-electron chi connectivity index (χ1n) is 9.68. The fourth-order valence-corrected chi connectivity index (χ4v) is 3.66. The minimum Gasteiger partial charge on any atom is -0.478 e. The molecule has 148 valence electrons. The lowest BCUT2D eigenvalue weighted by Gasteiger charge is -2.36. The van der Waals surface area contributed by atoms with Gasteiger partial charge in [-0.25, -0.2) is 14.8 Å². The van der Waals surface area contributed by atoms with Gasteiger partial charge in [-0.05, 0) is 43.4 Å². The van der Waals surface area contributed by atoms with Gasteiger partial charge < -0.3 is 10.0 Å². The molecule has 2 aromatic rings. The highest BCUT2D eigenvalue weighted by Crippen LogP contribution is 2.26. The van der Waals surface area contributed by atoms with E-state index in [1.165, 1.54) is 6.33 Å². The van der Waals surface area contributed by atoms with Gasteiger partial charge in [0.25, 0.3) is 0 Å². The maximum atomic E-state index is 12.6. The van der Waals surface area contributed by atoms with Crippen molar-refractivity contribution in [3.63, 3.8) is 0 Å². The zero-order chi connectivity index (χ0) is 20.3. The van der Waals surface area contributed by atoms with E-state index >= 15 is 0 Å². The third-order valence-electron chi connectivity index (χ3n) is 5.07. The van der Waals surface area contributed by atoms with Crippen molar-refractivity contribution in [1.29, 1.82) is 0 Å². The Morgan fingerprint density at radius 2 is 2.00 bits per heavy atom. The maximum Gasteiger partial charge on any atom is 0.335 e. The number of amides is 1. The Bertz CT molecular complexity index is 873. The van der Waals surface area contributed by atoms with Crippen LogP contribution in [-0.2, 0) is 11.2 Å². The minimum atomic E-state index is -0.957. The highest BCUT2D eigenvalue weighted by molar-refractivity contribution is 5.89. The fraction of sp³-hybridized carbons (Fsp3) is 0.455. The van der Waals surface area contributed by atoms with Crippen molar-refractivity contribution in [2.24, 2.45) is 11.3 Å². The minimum absolute atomic E-state index is 0.200. The molecule has 1 aliphatic rings. The molecule has 28 heavy (non-hydrogen) atoms. The number of nitrogens with zero attached hydrogens (tertiary/aromatic N) is 3. The standard InChI is InChI=1S/C22H27N3O3/c1-22(2,3)21(28)25-9-5-6-15(13-25)10-18-12-19(24-14-23-18)16-7-4-8-17(11-16)20(26)27/h4,7-8,11-12,14-15H,5-6,9-10,13H2,1-3H3,(H,26,27)/t15-/m0/s1. The molecule has 1 amide bonds. The van der Waals surface area contributed by atoms with Crippen molar-refractivity contribution in [1.82, 2.24) is 14.9 Å². The van der Waals surface area contributed by atoms with Gasteiger partial charge in [0.2, 0.25) is 5.91 Å². The van der Waals surface area contributed by atoms with E-state index in [0.717, 1.165) is 43.6 Å². The first-order chi connectivity index (χ1) is 13.2. The van der Waals surface area contributed by atoms with Crippen molar-refractivity contribution in [3.8, 4) is 11.3 Å². The lowest BCUT2D eigenvalue weighted by Crippen LogP contribution is -2.45. The van der Waals surface area contributed by atoms with Crippen LogP contribution in [0.4, 0.5) is 0 Å². The molecular weight excluding hydrogens is 354 g/mol. The van der Waals surface area contributed by atoms with Crippen molar-refractivity contribution in [2.45, 2.75) is 40.0 Å². The number of aromatic nitrogens is 2. The molecule has 2 heterocycles. The van der Waals surface area contributed by atoms with Crippen molar-refractivity contribution < 1.29 is 14.7 Å². The molecule has 1 aliphatic heterocycles. The van der Waals surface area contributed by atoms with Crippen LogP contribution in [-0.4, -0.2) is 44.9 Å². The number of hydrogen-bond acceptors (Lipinski definition) is 4. The number of rotatable bonds is 4. The molecule has 6 nitrogen and oxygen atoms in total. The van der Waals surface area contributed by atoms with Crippen molar-refractivity contribution >= 4 is 11.9 Å². The summed E-state index contributed by atoms with van der Waals surface area (Å²) in [5, 5.41) is 9.19. The summed E-state index contributed by atoms with van der Waals surface area (Å²) >= 11 is 0. The number of carbonyl (C=O) groups is 2. The number of carboxylic acids is 1. The second kappa shape index (κ2) is 8.09. The molecule has 0 radical (unpaired) electrons. The molecule has 0 bridgehead atoms. The van der Waals surface area contributed by atoms with Gasteiger partial charge in [0.15, 0.2) is 0 Å². The molecule has 0 aliphatic carbocycles. The van der Waals surface area contributed by atoms with Gasteiger partial charge in [0.1, 0.15) is 6.33 Å². The third kappa shape index (κ3) is 4.74. The molecule has 1 saturated heterocycles. The molecule has 0 saturated carbocycles. The molecule has 0 unspecified atom stereocenters. The fourth-order valence-electron chi connectivity index (χ4n) is 3.66. The molecule has 1 fully saturated rings. The van der Waals surface area contributed by atoms with E-state index in [1.807, 2.05) is 37.8 Å². The molecule has 1 N–H and O–H groups in total. The van der Waals surface area contributed by atoms with E-state index in [9.17, 15) is 14.7 Å². The lowest BCUT2D eigenvalue weighted by molar-refractivity contribution is -0.141. The SMILES string of the molecule is CC(C)(C)C(=O)N1CCC[C@@H](Cc2cc(-c3cccc(C(=O)O)c3)ncn2)C1. The number of carboxylic acid groups (broad SMARTS) is 1. The van der Waals surface area contributed by atoms with Crippen LogP contribution in [0.5, 0.6) is 0 Å². The Labute approximate surface area is 165 Å². The van der Waals surface area contributed by atoms with Crippen molar-refractivity contribution in [3.05, 3.63) is 47.9 Å². The predicted molar refractivity (Wildman–Crippen MR) is 107 cm³/mol. The summed E-state index contributed by atoms with van der Waals surface area (Å²) in [6.45, 7) is 7.45. The van der Waals surface area contributed by atoms with Crippen LogP contribution in [0.15, 0.2) is 36.7 Å². The Hall–Kier alpha value is -2.76. The maximum absolute atomic E-state index is 12.6. The van der Waals surface area contributed by atoms with Gasteiger partial charge in [-0.2, -0.15) is 0 Å². The number of hydrogen-bond donors (Lipinski definition) is 1. The summed E-state index contributed by atoms with van der Waals surface area (Å²) in [5.74, 6) is -0.388. The van der Waals surface area contributed by atoms with E-state index in [4.69, 9.17) is 0 Å². The van der Waals surface area contributed by atoms with Crippen LogP contribution in [0.3, 0.4) is 0 Å². The molecule has 1 aromatic carbocycles. The third-order valence-corrected chi connectivity index (χ3v) is 5.07. The highest BCUT2D eigenvalue weighted by atomic mass is 16.4. The molecular formula is C22H27N3O3. The second-order valence-electron chi connectivity index (χ2n) is 8.49. The van der Waals surface area contributed by atoms with Gasteiger partial charge in [0, 0.05) is 29.8 Å². The van der Waals surface area contributed by atoms with Crippen LogP contribution in [0.25, 0.3) is 11.3 Å². The molecule has 6 heteroatoms. The monoisotopic (exact) mass is 381 g/mol. The van der Waals surface area contributed by atoms with Gasteiger partial charge in [-0.15, -0.1) is 0 Å². The number of likely N-dealkylation sites (tertiary alicyclic amines) is 1. The Kier molecular flexibility index (Phi) is 5.77. The second-order valence-corrected chi connectivity index (χ2v) is 8.49. The number of benzene rings is 1. The van der Waals surface area contributed by atoms with Gasteiger partial charge in [0.05, 0.1) is 11.3 Å². The predicted octanol–water partition coefficient (Wildman–Crippen LogP) is 3.67. The summed E-state index contributed by atoms with van der Waals surface area (Å²) < 4.78 is 0. The summed E-state index contributed by atoms with van der Waals surface area (Å²) in [6.07, 6.45) is 4.38. The van der Waals surface area contributed by atoms with Crippen LogP contribution in [0.2, 0.25) is 0 Å². The quantitative estimate of drug-likeness (QED) is 0.874. The molecule has 3 rings (SSSR count). The van der Waals surface area contributed by atoms with Gasteiger partial charge in [-0.3, -0.25) is 4.79 Å². The lowest BCUT2D eigenvalue weighted by atomic mass is 9.89. The summed E-state index contributed by atoms with van der Waals surface area (Å²) in [4.78, 5) is 34.5. The summed E-state index contributed by atoms with van der Waals surface area (Å²) in [6, 6.07) is 8.68. The average Bonchev–Trinajstić information content (AvgIpc) is 2.67. The number of aromatic carboxylic acids is 1. The first-order valence-corrected chi connectivity index (χ1v) is 9.68. The van der Waals surface area contributed by atoms with E-state index < -0.39 is 5.97 Å². The van der Waals surface area contributed by atoms with E-state index in [1.54, 1.807) is 18.2 Å². The zero-order valence-electron chi connectivity index (χ0n) is 16.7. The first kappa shape index (κ1) is 20.0. The van der Waals surface area contributed by atoms with E-state index in [0.29, 0.717) is 11.6 Å². The van der Waals surface area contributed by atoms with Crippen LogP contribution < -0.4 is 0 Å². The Balaban J connectivity index is 1.73. The molecule has 1 aromatic heterocycles. The van der Waals surface area contributed by atoms with Crippen molar-refractivity contribution in [2.75, 3.05) is 13.1 Å².